The van der Waals surface area contributed by atoms with Crippen molar-refractivity contribution < 1.29 is 24.2 Å². The molecule has 102 valence electrons. The molecule has 0 fully saturated rings. The summed E-state index contributed by atoms with van der Waals surface area (Å²) in [5.74, 6) is -0.599. The highest BCUT2D eigenvalue weighted by molar-refractivity contribution is 5.75. The average molecular weight is 266 g/mol. The summed E-state index contributed by atoms with van der Waals surface area (Å²) >= 11 is 0. The maximum absolute atomic E-state index is 11.0. The zero-order valence-corrected chi connectivity index (χ0v) is 10.2. The lowest BCUT2D eigenvalue weighted by atomic mass is 10.0. The number of aromatic nitrogens is 1. The van der Waals surface area contributed by atoms with E-state index in [1.54, 1.807) is 18.2 Å². The number of nitrogens with zero attached hydrogens (tertiary/aromatic N) is 1. The number of hydrogen-bond acceptors (Lipinski definition) is 7. The normalized spacial score (nSPS) is 14.3. The highest BCUT2D eigenvalue weighted by Crippen LogP contribution is 2.24. The summed E-state index contributed by atoms with van der Waals surface area (Å²) in [6.07, 6.45) is -2.77. The number of ether oxygens (including phenoxy) is 1. The minimum Gasteiger partial charge on any atom is -0.469 e. The molecule has 2 rings (SSSR count). The van der Waals surface area contributed by atoms with E-state index in [1.165, 1.54) is 7.11 Å². The monoisotopic (exact) mass is 266 g/mol. The van der Waals surface area contributed by atoms with E-state index < -0.39 is 18.2 Å². The van der Waals surface area contributed by atoms with E-state index in [1.807, 2.05) is 0 Å². The van der Waals surface area contributed by atoms with Crippen LogP contribution in [0.4, 0.5) is 6.01 Å². The smallest absolute Gasteiger partial charge is 0.308 e. The van der Waals surface area contributed by atoms with Gasteiger partial charge in [0.15, 0.2) is 5.58 Å². The summed E-state index contributed by atoms with van der Waals surface area (Å²) in [6, 6.07) is 4.72. The predicted molar refractivity (Wildman–Crippen MR) is 66.0 cm³/mol. The Bertz CT molecular complexity index is 595. The van der Waals surface area contributed by atoms with Crippen LogP contribution in [-0.4, -0.2) is 34.4 Å². The van der Waals surface area contributed by atoms with E-state index in [0.717, 1.165) is 0 Å². The number of aliphatic hydroxyl groups excluding tert-OH is 2. The minimum atomic E-state index is -1.26. The van der Waals surface area contributed by atoms with Gasteiger partial charge in [0.2, 0.25) is 0 Å². The molecule has 7 heteroatoms. The highest BCUT2D eigenvalue weighted by atomic mass is 16.5. The largest absolute Gasteiger partial charge is 0.469 e. The van der Waals surface area contributed by atoms with Gasteiger partial charge < -0.3 is 25.1 Å². The van der Waals surface area contributed by atoms with E-state index in [2.05, 4.69) is 9.72 Å². The van der Waals surface area contributed by atoms with E-state index in [0.29, 0.717) is 16.7 Å². The third-order valence-corrected chi connectivity index (χ3v) is 2.74. The van der Waals surface area contributed by atoms with Gasteiger partial charge in [-0.05, 0) is 17.7 Å². The number of oxazole rings is 1. The molecule has 1 aromatic heterocycles. The Kier molecular flexibility index (Phi) is 3.68. The Morgan fingerprint density at radius 2 is 2.26 bits per heavy atom. The van der Waals surface area contributed by atoms with E-state index >= 15 is 0 Å². The van der Waals surface area contributed by atoms with Crippen LogP contribution >= 0.6 is 0 Å². The first-order valence-corrected chi connectivity index (χ1v) is 5.60. The van der Waals surface area contributed by atoms with Crippen LogP contribution in [0.3, 0.4) is 0 Å². The van der Waals surface area contributed by atoms with Crippen LogP contribution in [-0.2, 0) is 9.53 Å². The summed E-state index contributed by atoms with van der Waals surface area (Å²) in [5, 5.41) is 19.7. The van der Waals surface area contributed by atoms with Gasteiger partial charge >= 0.3 is 5.97 Å². The predicted octanol–water partition coefficient (Wildman–Crippen LogP) is 0.367. The van der Waals surface area contributed by atoms with Gasteiger partial charge in [-0.25, -0.2) is 0 Å². The van der Waals surface area contributed by atoms with Gasteiger partial charge in [0.05, 0.1) is 19.6 Å². The van der Waals surface area contributed by atoms with Crippen molar-refractivity contribution in [2.45, 2.75) is 18.6 Å². The Balaban J connectivity index is 2.20. The molecule has 0 aliphatic carbocycles. The fourth-order valence-electron chi connectivity index (χ4n) is 1.73. The standard InChI is InChI=1S/C12H14N2O5/c1-18-10(16)5-8(15)11(17)6-2-3-9-7(4-6)14-12(13)19-9/h2-4,8,11,15,17H,5H2,1H3,(H2,13,14). The van der Waals surface area contributed by atoms with E-state index in [9.17, 15) is 15.0 Å². The number of esters is 1. The Hall–Kier alpha value is -2.12. The molecular formula is C12H14N2O5. The number of methoxy groups -OCH3 is 1. The van der Waals surface area contributed by atoms with Gasteiger partial charge in [-0.1, -0.05) is 6.07 Å². The van der Waals surface area contributed by atoms with Crippen molar-refractivity contribution in [3.8, 4) is 0 Å². The second-order valence-corrected chi connectivity index (χ2v) is 4.07. The van der Waals surface area contributed by atoms with Crippen molar-refractivity contribution in [3.05, 3.63) is 23.8 Å². The second kappa shape index (κ2) is 5.25. The van der Waals surface area contributed by atoms with Gasteiger partial charge in [-0.3, -0.25) is 4.79 Å². The Labute approximate surface area is 108 Å². The molecule has 7 nitrogen and oxygen atoms in total. The van der Waals surface area contributed by atoms with E-state index in [4.69, 9.17) is 10.2 Å². The van der Waals surface area contributed by atoms with Crippen molar-refractivity contribution in [2.75, 3.05) is 12.8 Å². The molecule has 0 aliphatic rings. The lowest BCUT2D eigenvalue weighted by Gasteiger charge is -2.16. The molecule has 2 atom stereocenters. The topological polar surface area (TPSA) is 119 Å². The third kappa shape index (κ3) is 2.83. The molecule has 0 saturated heterocycles. The summed E-state index contributed by atoms with van der Waals surface area (Å²) in [5.41, 5.74) is 6.78. The van der Waals surface area contributed by atoms with Gasteiger partial charge in [-0.15, -0.1) is 0 Å². The van der Waals surface area contributed by atoms with Gasteiger partial charge in [-0.2, -0.15) is 4.98 Å². The molecule has 0 bridgehead atoms. The van der Waals surface area contributed by atoms with Crippen LogP contribution in [0.5, 0.6) is 0 Å². The van der Waals surface area contributed by atoms with Gasteiger partial charge in [0.1, 0.15) is 11.6 Å². The highest BCUT2D eigenvalue weighted by Gasteiger charge is 2.22. The Morgan fingerprint density at radius 3 is 2.95 bits per heavy atom. The molecule has 0 amide bonds. The Morgan fingerprint density at radius 1 is 1.53 bits per heavy atom. The van der Waals surface area contributed by atoms with Gasteiger partial charge in [0.25, 0.3) is 6.01 Å². The van der Waals surface area contributed by atoms with Crippen molar-refractivity contribution in [3.63, 3.8) is 0 Å². The van der Waals surface area contributed by atoms with Crippen LogP contribution in [0.1, 0.15) is 18.1 Å². The fraction of sp³-hybridized carbons (Fsp3) is 0.333. The SMILES string of the molecule is COC(=O)CC(O)C(O)c1ccc2oc(N)nc2c1. The number of carbonyl (C=O) groups excluding carboxylic acids is 1. The molecule has 0 spiro atoms. The summed E-state index contributed by atoms with van der Waals surface area (Å²) < 4.78 is 9.52. The molecule has 2 aromatic rings. The summed E-state index contributed by atoms with van der Waals surface area (Å²) in [6.45, 7) is 0. The number of fused-ring (bicyclic) bond motifs is 1. The number of aliphatic hydroxyl groups is 2. The molecule has 2 unspecified atom stereocenters. The van der Waals surface area contributed by atoms with E-state index in [-0.39, 0.29) is 12.4 Å². The van der Waals surface area contributed by atoms with Crippen molar-refractivity contribution in [1.82, 2.24) is 4.98 Å². The average Bonchev–Trinajstić information content (AvgIpc) is 2.76. The first-order chi connectivity index (χ1) is 9.01. The number of nitrogens with two attached hydrogens (primary N) is 1. The zero-order valence-electron chi connectivity index (χ0n) is 10.2. The molecular weight excluding hydrogens is 252 g/mol. The van der Waals surface area contributed by atoms with Crippen LogP contribution in [0.2, 0.25) is 0 Å². The van der Waals surface area contributed by atoms with Crippen LogP contribution < -0.4 is 5.73 Å². The number of hydrogen-bond donors (Lipinski definition) is 3. The van der Waals surface area contributed by atoms with Gasteiger partial charge in [0, 0.05) is 0 Å². The second-order valence-electron chi connectivity index (χ2n) is 4.07. The molecule has 0 aliphatic heterocycles. The van der Waals surface area contributed by atoms with Crippen LogP contribution in [0.15, 0.2) is 22.6 Å². The molecule has 1 aromatic carbocycles. The maximum Gasteiger partial charge on any atom is 0.308 e. The summed E-state index contributed by atoms with van der Waals surface area (Å²) in [4.78, 5) is 15.0. The van der Waals surface area contributed by atoms with Crippen LogP contribution in [0.25, 0.3) is 11.1 Å². The quantitative estimate of drug-likeness (QED) is 0.684. The maximum atomic E-state index is 11.0. The molecule has 0 saturated carbocycles. The lowest BCUT2D eigenvalue weighted by Crippen LogP contribution is -2.22. The first-order valence-electron chi connectivity index (χ1n) is 5.60. The first kappa shape index (κ1) is 13.3. The number of benzene rings is 1. The number of rotatable bonds is 4. The third-order valence-electron chi connectivity index (χ3n) is 2.74. The number of anilines is 1. The molecule has 19 heavy (non-hydrogen) atoms. The molecule has 4 N–H and O–H groups in total. The van der Waals surface area contributed by atoms with Crippen molar-refractivity contribution >= 4 is 23.1 Å². The van der Waals surface area contributed by atoms with Crippen molar-refractivity contribution in [1.29, 1.82) is 0 Å². The number of carbonyl (C=O) groups is 1. The lowest BCUT2D eigenvalue weighted by molar-refractivity contribution is -0.144. The van der Waals surface area contributed by atoms with Crippen molar-refractivity contribution in [2.24, 2.45) is 0 Å². The zero-order chi connectivity index (χ0) is 14.0. The summed E-state index contributed by atoms with van der Waals surface area (Å²) in [7, 11) is 1.21. The minimum absolute atomic E-state index is 0.0248. The fourth-order valence-corrected chi connectivity index (χ4v) is 1.73. The molecule has 1 heterocycles. The number of nitrogen functional groups attached to an aromatic ring is 1. The molecule has 0 radical (unpaired) electrons. The van der Waals surface area contributed by atoms with Crippen LogP contribution in [0, 0.1) is 0 Å².